The van der Waals surface area contributed by atoms with Crippen LogP contribution in [0.3, 0.4) is 0 Å². The van der Waals surface area contributed by atoms with E-state index in [9.17, 15) is 14.4 Å². The van der Waals surface area contributed by atoms with Gasteiger partial charge in [0.15, 0.2) is 0 Å². The number of urea groups is 1. The topological polar surface area (TPSA) is 90.5 Å². The Morgan fingerprint density at radius 3 is 2.41 bits per heavy atom. The van der Waals surface area contributed by atoms with Gasteiger partial charge in [-0.05, 0) is 29.7 Å². The summed E-state index contributed by atoms with van der Waals surface area (Å²) in [7, 11) is 0. The van der Waals surface area contributed by atoms with Crippen molar-refractivity contribution in [1.29, 1.82) is 0 Å². The first-order valence-electron chi connectivity index (χ1n) is 9.83. The van der Waals surface area contributed by atoms with E-state index in [0.29, 0.717) is 19.5 Å². The SMILES string of the molecule is O=C(CCNC(=O)NCc1cccc(N2CCCC2=O)c1)NCc1ccccc1. The zero-order chi connectivity index (χ0) is 20.5. The first kappa shape index (κ1) is 20.4. The molecule has 7 heteroatoms. The van der Waals surface area contributed by atoms with Crippen molar-refractivity contribution in [2.24, 2.45) is 0 Å². The van der Waals surface area contributed by atoms with Crippen LogP contribution in [0.2, 0.25) is 0 Å². The van der Waals surface area contributed by atoms with Crippen LogP contribution in [-0.2, 0) is 22.7 Å². The maximum atomic E-state index is 12.0. The van der Waals surface area contributed by atoms with Gasteiger partial charge in [0, 0.05) is 44.7 Å². The molecule has 4 amide bonds. The van der Waals surface area contributed by atoms with Crippen LogP contribution in [0.15, 0.2) is 54.6 Å². The predicted octanol–water partition coefficient (Wildman–Crippen LogP) is 2.32. The zero-order valence-corrected chi connectivity index (χ0v) is 16.3. The normalized spacial score (nSPS) is 13.2. The van der Waals surface area contributed by atoms with Crippen molar-refractivity contribution in [2.45, 2.75) is 32.4 Å². The van der Waals surface area contributed by atoms with Crippen LogP contribution >= 0.6 is 0 Å². The number of anilines is 1. The molecular formula is C22H26N4O3. The molecule has 1 aliphatic rings. The molecule has 0 aliphatic carbocycles. The van der Waals surface area contributed by atoms with Crippen LogP contribution in [0.4, 0.5) is 10.5 Å². The Balaban J connectivity index is 1.35. The lowest BCUT2D eigenvalue weighted by atomic mass is 10.2. The molecule has 3 N–H and O–H groups in total. The third-order valence-corrected chi connectivity index (χ3v) is 4.72. The number of benzene rings is 2. The largest absolute Gasteiger partial charge is 0.352 e. The summed E-state index contributed by atoms with van der Waals surface area (Å²) in [6.45, 7) is 1.82. The second-order valence-corrected chi connectivity index (χ2v) is 6.94. The number of hydrogen-bond acceptors (Lipinski definition) is 3. The number of carbonyl (C=O) groups excluding carboxylic acids is 3. The van der Waals surface area contributed by atoms with Crippen LogP contribution in [0.25, 0.3) is 0 Å². The van der Waals surface area contributed by atoms with Crippen LogP contribution < -0.4 is 20.9 Å². The van der Waals surface area contributed by atoms with Crippen LogP contribution in [0.1, 0.15) is 30.4 Å². The lowest BCUT2D eigenvalue weighted by Gasteiger charge is -2.16. The third-order valence-electron chi connectivity index (χ3n) is 4.72. The quantitative estimate of drug-likeness (QED) is 0.642. The van der Waals surface area contributed by atoms with E-state index in [0.717, 1.165) is 29.8 Å². The lowest BCUT2D eigenvalue weighted by molar-refractivity contribution is -0.121. The van der Waals surface area contributed by atoms with Crippen LogP contribution in [-0.4, -0.2) is 30.9 Å². The molecular weight excluding hydrogens is 368 g/mol. The molecule has 29 heavy (non-hydrogen) atoms. The minimum absolute atomic E-state index is 0.114. The average molecular weight is 394 g/mol. The fraction of sp³-hybridized carbons (Fsp3) is 0.318. The van der Waals surface area contributed by atoms with Gasteiger partial charge in [0.25, 0.3) is 0 Å². The number of carbonyl (C=O) groups is 3. The molecule has 0 saturated carbocycles. The van der Waals surface area contributed by atoms with E-state index in [-0.39, 0.29) is 30.8 Å². The fourth-order valence-electron chi connectivity index (χ4n) is 3.17. The summed E-state index contributed by atoms with van der Waals surface area (Å²) in [6.07, 6.45) is 1.68. The molecule has 0 spiro atoms. The summed E-state index contributed by atoms with van der Waals surface area (Å²) >= 11 is 0. The highest BCUT2D eigenvalue weighted by Crippen LogP contribution is 2.22. The van der Waals surface area contributed by atoms with Crippen molar-refractivity contribution in [1.82, 2.24) is 16.0 Å². The Hall–Kier alpha value is -3.35. The zero-order valence-electron chi connectivity index (χ0n) is 16.3. The van der Waals surface area contributed by atoms with Crippen molar-refractivity contribution < 1.29 is 14.4 Å². The Labute approximate surface area is 170 Å². The fourth-order valence-corrected chi connectivity index (χ4v) is 3.17. The highest BCUT2D eigenvalue weighted by atomic mass is 16.2. The molecule has 2 aromatic rings. The number of amides is 4. The maximum absolute atomic E-state index is 12.0. The molecule has 0 unspecified atom stereocenters. The van der Waals surface area contributed by atoms with Crippen LogP contribution in [0.5, 0.6) is 0 Å². The second kappa shape index (κ2) is 10.3. The first-order valence-corrected chi connectivity index (χ1v) is 9.83. The van der Waals surface area contributed by atoms with E-state index in [1.54, 1.807) is 4.90 Å². The van der Waals surface area contributed by atoms with E-state index in [2.05, 4.69) is 16.0 Å². The summed E-state index contributed by atoms with van der Waals surface area (Å²) < 4.78 is 0. The molecule has 1 heterocycles. The Morgan fingerprint density at radius 1 is 0.897 bits per heavy atom. The minimum atomic E-state index is -0.330. The van der Waals surface area contributed by atoms with Gasteiger partial charge in [0.1, 0.15) is 0 Å². The van der Waals surface area contributed by atoms with Gasteiger partial charge in [-0.25, -0.2) is 4.79 Å². The van der Waals surface area contributed by atoms with Crippen molar-refractivity contribution in [3.63, 3.8) is 0 Å². The molecule has 0 aromatic heterocycles. The van der Waals surface area contributed by atoms with Crippen molar-refractivity contribution in [3.05, 3.63) is 65.7 Å². The molecule has 152 valence electrons. The van der Waals surface area contributed by atoms with Gasteiger partial charge in [-0.15, -0.1) is 0 Å². The smallest absolute Gasteiger partial charge is 0.315 e. The molecule has 7 nitrogen and oxygen atoms in total. The van der Waals surface area contributed by atoms with E-state index in [1.165, 1.54) is 0 Å². The van der Waals surface area contributed by atoms with E-state index in [4.69, 9.17) is 0 Å². The molecule has 1 fully saturated rings. The van der Waals surface area contributed by atoms with Gasteiger partial charge in [-0.2, -0.15) is 0 Å². The van der Waals surface area contributed by atoms with Gasteiger partial charge in [-0.1, -0.05) is 42.5 Å². The third kappa shape index (κ3) is 6.34. The van der Waals surface area contributed by atoms with Crippen LogP contribution in [0, 0.1) is 0 Å². The van der Waals surface area contributed by atoms with Crippen molar-refractivity contribution >= 4 is 23.5 Å². The molecule has 1 saturated heterocycles. The average Bonchev–Trinajstić information content (AvgIpc) is 3.18. The second-order valence-electron chi connectivity index (χ2n) is 6.94. The van der Waals surface area contributed by atoms with Gasteiger partial charge >= 0.3 is 6.03 Å². The number of rotatable bonds is 8. The minimum Gasteiger partial charge on any atom is -0.352 e. The summed E-state index contributed by atoms with van der Waals surface area (Å²) in [6, 6.07) is 16.9. The van der Waals surface area contributed by atoms with Gasteiger partial charge in [0.05, 0.1) is 0 Å². The monoisotopic (exact) mass is 394 g/mol. The molecule has 3 rings (SSSR count). The first-order chi connectivity index (χ1) is 14.1. The predicted molar refractivity (Wildman–Crippen MR) is 111 cm³/mol. The van der Waals surface area contributed by atoms with Gasteiger partial charge < -0.3 is 20.9 Å². The highest BCUT2D eigenvalue weighted by molar-refractivity contribution is 5.95. The number of nitrogens with one attached hydrogen (secondary N) is 3. The Kier molecular flexibility index (Phi) is 7.22. The molecule has 0 radical (unpaired) electrons. The Bertz CT molecular complexity index is 854. The summed E-state index contributed by atoms with van der Waals surface area (Å²) in [5.74, 6) is 0.0236. The Morgan fingerprint density at radius 2 is 1.66 bits per heavy atom. The van der Waals surface area contributed by atoms with E-state index >= 15 is 0 Å². The summed E-state index contributed by atoms with van der Waals surface area (Å²) in [5, 5.41) is 8.28. The summed E-state index contributed by atoms with van der Waals surface area (Å²) in [4.78, 5) is 37.4. The standard InChI is InChI=1S/C22H26N4O3/c27-20(24-15-17-6-2-1-3-7-17)11-12-23-22(29)25-16-18-8-4-9-19(14-18)26-13-5-10-21(26)28/h1-4,6-9,14H,5,10-13,15-16H2,(H,24,27)(H2,23,25,29). The van der Waals surface area contributed by atoms with Gasteiger partial charge in [-0.3, -0.25) is 9.59 Å². The molecule has 2 aromatic carbocycles. The van der Waals surface area contributed by atoms with Crippen molar-refractivity contribution in [3.8, 4) is 0 Å². The van der Waals surface area contributed by atoms with Gasteiger partial charge in [0.2, 0.25) is 11.8 Å². The highest BCUT2D eigenvalue weighted by Gasteiger charge is 2.21. The molecule has 0 bridgehead atoms. The summed E-state index contributed by atoms with van der Waals surface area (Å²) in [5.41, 5.74) is 2.81. The maximum Gasteiger partial charge on any atom is 0.315 e. The molecule has 1 aliphatic heterocycles. The van der Waals surface area contributed by atoms with Crippen molar-refractivity contribution in [2.75, 3.05) is 18.0 Å². The lowest BCUT2D eigenvalue weighted by Crippen LogP contribution is -2.37. The number of hydrogen-bond donors (Lipinski definition) is 3. The molecule has 0 atom stereocenters. The van der Waals surface area contributed by atoms with E-state index < -0.39 is 0 Å². The van der Waals surface area contributed by atoms with E-state index in [1.807, 2.05) is 54.6 Å². The number of nitrogens with zero attached hydrogens (tertiary/aromatic N) is 1.